The summed E-state index contributed by atoms with van der Waals surface area (Å²) in [5.41, 5.74) is -0.190. The Bertz CT molecular complexity index is 1760. The van der Waals surface area contributed by atoms with E-state index in [4.69, 9.17) is 9.72 Å². The van der Waals surface area contributed by atoms with Crippen molar-refractivity contribution in [2.45, 2.75) is 74.7 Å². The molecule has 8 rings (SSSR count). The van der Waals surface area contributed by atoms with Crippen LogP contribution < -0.4 is 10.1 Å². The van der Waals surface area contributed by atoms with Gasteiger partial charge in [-0.2, -0.15) is 9.97 Å². The second-order valence-electron chi connectivity index (χ2n) is 12.7. The van der Waals surface area contributed by atoms with E-state index < -0.39 is 29.2 Å². The molecule has 2 N–H and O–H groups in total. The van der Waals surface area contributed by atoms with Crippen LogP contribution in [0.4, 0.5) is 17.6 Å². The lowest BCUT2D eigenvalue weighted by atomic mass is 9.88. The third-order valence-corrected chi connectivity index (χ3v) is 10.0. The first-order chi connectivity index (χ1) is 20.8. The number of phenols is 1. The maximum Gasteiger partial charge on any atom is 0.317 e. The van der Waals surface area contributed by atoms with E-state index in [-0.39, 0.29) is 51.8 Å². The molecule has 4 fully saturated rings. The SMILES string of the molecule is Oc1cc(-c2ncc3c(C4C[C@H]5CC[C@@H](C4)N5)nc(OC[C@@]45CCCN4C[C@H](F)C5)nc3c2F)c2c(F)c(F)ccc2c1. The molecular weight excluding hydrogens is 562 g/mol. The molecule has 2 bridgehead atoms. The summed E-state index contributed by atoms with van der Waals surface area (Å²) in [6.07, 6.45) is 6.49. The molecule has 4 aliphatic rings. The number of alkyl halides is 1. The summed E-state index contributed by atoms with van der Waals surface area (Å²) < 4.78 is 66.5. The van der Waals surface area contributed by atoms with Crippen LogP contribution in [0.1, 0.15) is 56.6 Å². The van der Waals surface area contributed by atoms with Crippen molar-refractivity contribution in [2.75, 3.05) is 19.7 Å². The number of pyridine rings is 1. The summed E-state index contributed by atoms with van der Waals surface area (Å²) in [5, 5.41) is 14.4. The third kappa shape index (κ3) is 4.42. The fourth-order valence-corrected chi connectivity index (χ4v) is 8.12. The zero-order chi connectivity index (χ0) is 29.5. The van der Waals surface area contributed by atoms with Crippen molar-refractivity contribution < 1.29 is 27.4 Å². The van der Waals surface area contributed by atoms with Crippen LogP contribution in [0.3, 0.4) is 0 Å². The summed E-state index contributed by atoms with van der Waals surface area (Å²) in [6.45, 7) is 1.38. The van der Waals surface area contributed by atoms with Gasteiger partial charge in [-0.05, 0) is 68.7 Å². The predicted octanol–water partition coefficient (Wildman–Crippen LogP) is 5.92. The van der Waals surface area contributed by atoms with Gasteiger partial charge in [0.25, 0.3) is 0 Å². The fourth-order valence-electron chi connectivity index (χ4n) is 8.12. The number of piperidine rings is 1. The molecular formula is C32H31F4N5O2. The Labute approximate surface area is 245 Å². The number of phenolic OH excluding ortho intramolecular Hbond substituents is 1. The standard InChI is InChI=1S/C32H31F4N5O2/c33-18-12-32(6-1-7-41(32)14-18)15-43-31-39-28(17-8-19-3-4-20(9-17)38-19)23-13-37-29(27(36)30(23)40-31)22-11-21(42)10-16-2-5-24(34)26(35)25(16)22/h2,5,10-11,13,17-20,38,42H,1,3-4,6-9,12,14-15H2/t17?,18-,19-,20+,32+/m1/s1. The van der Waals surface area contributed by atoms with Gasteiger partial charge in [0.2, 0.25) is 0 Å². The second-order valence-corrected chi connectivity index (χ2v) is 12.7. The van der Waals surface area contributed by atoms with Gasteiger partial charge in [0.15, 0.2) is 17.5 Å². The van der Waals surface area contributed by atoms with Gasteiger partial charge in [-0.25, -0.2) is 17.6 Å². The van der Waals surface area contributed by atoms with Gasteiger partial charge >= 0.3 is 6.01 Å². The molecule has 7 nitrogen and oxygen atoms in total. The van der Waals surface area contributed by atoms with Crippen molar-refractivity contribution in [2.24, 2.45) is 0 Å². The highest BCUT2D eigenvalue weighted by Crippen LogP contribution is 2.43. The molecule has 43 heavy (non-hydrogen) atoms. The van der Waals surface area contributed by atoms with E-state index in [1.54, 1.807) is 0 Å². The summed E-state index contributed by atoms with van der Waals surface area (Å²) >= 11 is 0. The molecule has 224 valence electrons. The molecule has 5 atom stereocenters. The van der Waals surface area contributed by atoms with E-state index in [0.29, 0.717) is 36.1 Å². The Morgan fingerprint density at radius 1 is 1.07 bits per heavy atom. The third-order valence-electron chi connectivity index (χ3n) is 10.0. The molecule has 2 aromatic heterocycles. The number of hydrogen-bond donors (Lipinski definition) is 2. The van der Waals surface area contributed by atoms with E-state index in [2.05, 4.69) is 20.2 Å². The minimum atomic E-state index is -1.16. The Balaban J connectivity index is 1.26. The van der Waals surface area contributed by atoms with Gasteiger partial charge in [0.05, 0.1) is 11.2 Å². The Morgan fingerprint density at radius 3 is 2.70 bits per heavy atom. The largest absolute Gasteiger partial charge is 0.508 e. The number of aromatic nitrogens is 3. The molecule has 2 aromatic carbocycles. The van der Waals surface area contributed by atoms with Gasteiger partial charge in [-0.3, -0.25) is 9.88 Å². The summed E-state index contributed by atoms with van der Waals surface area (Å²) in [5.74, 6) is -3.31. The van der Waals surface area contributed by atoms with Crippen LogP contribution in [-0.4, -0.2) is 68.4 Å². The van der Waals surface area contributed by atoms with Crippen LogP contribution in [-0.2, 0) is 0 Å². The minimum Gasteiger partial charge on any atom is -0.508 e. The maximum atomic E-state index is 16.6. The van der Waals surface area contributed by atoms with Crippen molar-refractivity contribution in [1.82, 2.24) is 25.2 Å². The van der Waals surface area contributed by atoms with E-state index >= 15 is 8.78 Å². The molecule has 4 aromatic rings. The first-order valence-corrected chi connectivity index (χ1v) is 15.0. The van der Waals surface area contributed by atoms with Crippen molar-refractivity contribution in [3.05, 3.63) is 53.6 Å². The molecule has 1 unspecified atom stereocenters. The van der Waals surface area contributed by atoms with Crippen molar-refractivity contribution in [3.8, 4) is 23.0 Å². The highest BCUT2D eigenvalue weighted by atomic mass is 19.2. The molecule has 11 heteroatoms. The smallest absolute Gasteiger partial charge is 0.317 e. The van der Waals surface area contributed by atoms with Gasteiger partial charge in [-0.15, -0.1) is 0 Å². The van der Waals surface area contributed by atoms with Crippen molar-refractivity contribution in [1.29, 1.82) is 0 Å². The first-order valence-electron chi connectivity index (χ1n) is 15.0. The van der Waals surface area contributed by atoms with Crippen LogP contribution in [0.5, 0.6) is 11.8 Å². The highest BCUT2D eigenvalue weighted by Gasteiger charge is 2.49. The minimum absolute atomic E-state index is 0.00551. The van der Waals surface area contributed by atoms with E-state index in [1.807, 2.05) is 0 Å². The van der Waals surface area contributed by atoms with Crippen molar-refractivity contribution >= 4 is 21.7 Å². The van der Waals surface area contributed by atoms with Crippen LogP contribution in [0, 0.1) is 17.5 Å². The van der Waals surface area contributed by atoms with Crippen LogP contribution in [0.2, 0.25) is 0 Å². The predicted molar refractivity (Wildman–Crippen MR) is 152 cm³/mol. The van der Waals surface area contributed by atoms with Crippen LogP contribution in [0.25, 0.3) is 32.9 Å². The Kier molecular flexibility index (Phi) is 6.27. The average molecular weight is 594 g/mol. The average Bonchev–Trinajstić information content (AvgIpc) is 3.63. The Morgan fingerprint density at radius 2 is 1.88 bits per heavy atom. The number of rotatable bonds is 5. The topological polar surface area (TPSA) is 83.4 Å². The van der Waals surface area contributed by atoms with Crippen molar-refractivity contribution in [3.63, 3.8) is 0 Å². The zero-order valence-electron chi connectivity index (χ0n) is 23.4. The van der Waals surface area contributed by atoms with E-state index in [0.717, 1.165) is 51.1 Å². The first kappa shape index (κ1) is 27.0. The number of hydrogen-bond acceptors (Lipinski definition) is 7. The summed E-state index contributed by atoms with van der Waals surface area (Å²) in [6, 6.07) is 5.44. The molecule has 0 spiro atoms. The van der Waals surface area contributed by atoms with Gasteiger partial charge in [0, 0.05) is 53.5 Å². The lowest BCUT2D eigenvalue weighted by Crippen LogP contribution is -2.43. The molecule has 0 radical (unpaired) electrons. The molecule has 4 saturated heterocycles. The molecule has 4 aliphatic heterocycles. The molecule has 0 saturated carbocycles. The molecule has 0 amide bonds. The lowest BCUT2D eigenvalue weighted by Gasteiger charge is -2.31. The van der Waals surface area contributed by atoms with Gasteiger partial charge < -0.3 is 15.2 Å². The Hall–Kier alpha value is -3.57. The molecule has 0 aliphatic carbocycles. The quantitative estimate of drug-likeness (QED) is 0.278. The maximum absolute atomic E-state index is 16.6. The monoisotopic (exact) mass is 593 g/mol. The summed E-state index contributed by atoms with van der Waals surface area (Å²) in [4.78, 5) is 15.8. The highest BCUT2D eigenvalue weighted by molar-refractivity contribution is 5.99. The van der Waals surface area contributed by atoms with Gasteiger partial charge in [-0.1, -0.05) is 6.07 Å². The van der Waals surface area contributed by atoms with E-state index in [1.165, 1.54) is 24.4 Å². The second kappa shape index (κ2) is 9.99. The lowest BCUT2D eigenvalue weighted by molar-refractivity contribution is 0.107. The van der Waals surface area contributed by atoms with Crippen LogP contribution >= 0.6 is 0 Å². The normalized spacial score (nSPS) is 28.7. The number of nitrogens with one attached hydrogen (secondary N) is 1. The fraction of sp³-hybridized carbons (Fsp3) is 0.469. The molecule has 6 heterocycles. The van der Waals surface area contributed by atoms with Gasteiger partial charge in [0.1, 0.15) is 29.7 Å². The number of benzene rings is 2. The van der Waals surface area contributed by atoms with Crippen LogP contribution in [0.15, 0.2) is 30.5 Å². The number of nitrogens with zero attached hydrogens (tertiary/aromatic N) is 4. The number of halogens is 4. The zero-order valence-corrected chi connectivity index (χ0v) is 23.4. The summed E-state index contributed by atoms with van der Waals surface area (Å²) in [7, 11) is 0. The van der Waals surface area contributed by atoms with E-state index in [9.17, 15) is 13.9 Å². The number of ether oxygens (including phenoxy) is 1. The number of aromatic hydroxyl groups is 1. The number of fused-ring (bicyclic) bond motifs is 5.